The summed E-state index contributed by atoms with van der Waals surface area (Å²) in [4.78, 5) is 4.31. The van der Waals surface area contributed by atoms with Gasteiger partial charge in [-0.2, -0.15) is 0 Å². The largest absolute Gasteiger partial charge is 0.493 e. The Labute approximate surface area is 157 Å². The number of ether oxygens (including phenoxy) is 2. The van der Waals surface area contributed by atoms with E-state index < -0.39 is 0 Å². The lowest BCUT2D eigenvalue weighted by molar-refractivity contribution is 0.196. The van der Waals surface area contributed by atoms with Gasteiger partial charge < -0.3 is 19.9 Å². The zero-order valence-electron chi connectivity index (χ0n) is 15.6. The average Bonchev–Trinajstić information content (AvgIpc) is 2.67. The van der Waals surface area contributed by atoms with Gasteiger partial charge in [-0.25, -0.2) is 9.37 Å². The quantitative estimate of drug-likeness (QED) is 0.651. The molecule has 5 nitrogen and oxygen atoms in total. The van der Waals surface area contributed by atoms with Crippen molar-refractivity contribution in [3.05, 3.63) is 59.5 Å². The number of para-hydroxylation sites is 1. The van der Waals surface area contributed by atoms with Crippen LogP contribution in [-0.4, -0.2) is 30.4 Å². The van der Waals surface area contributed by atoms with Crippen molar-refractivity contribution in [3.8, 4) is 11.5 Å². The van der Waals surface area contributed by atoms with E-state index in [4.69, 9.17) is 14.6 Å². The van der Waals surface area contributed by atoms with Crippen LogP contribution in [0.25, 0.3) is 10.9 Å². The third-order valence-electron chi connectivity index (χ3n) is 4.33. The number of nitrogens with zero attached hydrogens (tertiary/aromatic N) is 1. The predicted molar refractivity (Wildman–Crippen MR) is 104 cm³/mol. The maximum atomic E-state index is 14.1. The molecule has 0 saturated heterocycles. The molecule has 27 heavy (non-hydrogen) atoms. The second-order valence-electron chi connectivity index (χ2n) is 6.30. The van der Waals surface area contributed by atoms with Gasteiger partial charge in [0.25, 0.3) is 0 Å². The molecule has 0 radical (unpaired) electrons. The average molecular weight is 370 g/mol. The van der Waals surface area contributed by atoms with E-state index in [-0.39, 0.29) is 25.1 Å². The predicted octanol–water partition coefficient (Wildman–Crippen LogP) is 4.24. The summed E-state index contributed by atoms with van der Waals surface area (Å²) in [6.45, 7) is 4.01. The number of anilines is 1. The Hall–Kier alpha value is -2.86. The Balaban J connectivity index is 1.90. The van der Waals surface area contributed by atoms with Crippen LogP contribution in [0.4, 0.5) is 10.1 Å². The number of benzene rings is 2. The highest BCUT2D eigenvalue weighted by atomic mass is 19.1. The van der Waals surface area contributed by atoms with Crippen molar-refractivity contribution >= 4 is 16.6 Å². The van der Waals surface area contributed by atoms with Gasteiger partial charge in [-0.15, -0.1) is 0 Å². The van der Waals surface area contributed by atoms with E-state index in [1.807, 2.05) is 44.2 Å². The van der Waals surface area contributed by atoms with Crippen LogP contribution < -0.4 is 14.8 Å². The fourth-order valence-corrected chi connectivity index (χ4v) is 3.01. The van der Waals surface area contributed by atoms with Crippen molar-refractivity contribution in [3.63, 3.8) is 0 Å². The van der Waals surface area contributed by atoms with E-state index in [0.29, 0.717) is 17.0 Å². The van der Waals surface area contributed by atoms with Crippen LogP contribution in [0, 0.1) is 12.7 Å². The molecule has 3 rings (SSSR count). The molecule has 1 unspecified atom stereocenters. The molecule has 0 bridgehead atoms. The Bertz CT molecular complexity index is 946. The summed E-state index contributed by atoms with van der Waals surface area (Å²) in [5.74, 6) is 0.838. The highest BCUT2D eigenvalue weighted by molar-refractivity contribution is 5.92. The first-order valence-electron chi connectivity index (χ1n) is 8.77. The minimum atomic E-state index is -0.334. The van der Waals surface area contributed by atoms with Gasteiger partial charge in [0.1, 0.15) is 17.9 Å². The van der Waals surface area contributed by atoms with E-state index >= 15 is 0 Å². The van der Waals surface area contributed by atoms with Crippen LogP contribution >= 0.6 is 0 Å². The molecule has 0 fully saturated rings. The molecule has 0 spiro atoms. The summed E-state index contributed by atoms with van der Waals surface area (Å²) < 4.78 is 25.0. The third kappa shape index (κ3) is 4.11. The number of halogens is 1. The third-order valence-corrected chi connectivity index (χ3v) is 4.33. The van der Waals surface area contributed by atoms with Gasteiger partial charge in [-0.05, 0) is 43.7 Å². The van der Waals surface area contributed by atoms with Gasteiger partial charge in [0.2, 0.25) is 0 Å². The highest BCUT2D eigenvalue weighted by Crippen LogP contribution is 2.33. The number of nitrogens with one attached hydrogen (secondary N) is 1. The monoisotopic (exact) mass is 370 g/mol. The molecule has 2 N–H and O–H groups in total. The fourth-order valence-electron chi connectivity index (χ4n) is 3.01. The first-order chi connectivity index (χ1) is 13.0. The number of hydrogen-bond donors (Lipinski definition) is 2. The molecule has 142 valence electrons. The molecule has 0 saturated carbocycles. The Kier molecular flexibility index (Phi) is 5.76. The Morgan fingerprint density at radius 2 is 2.00 bits per heavy atom. The zero-order valence-corrected chi connectivity index (χ0v) is 15.6. The summed E-state index contributed by atoms with van der Waals surface area (Å²) in [6.07, 6.45) is 0. The maximum Gasteiger partial charge on any atom is 0.161 e. The van der Waals surface area contributed by atoms with Crippen molar-refractivity contribution in [1.29, 1.82) is 0 Å². The van der Waals surface area contributed by atoms with Crippen molar-refractivity contribution < 1.29 is 19.0 Å². The number of aryl methyl sites for hydroxylation is 1. The van der Waals surface area contributed by atoms with Gasteiger partial charge in [0, 0.05) is 22.8 Å². The van der Waals surface area contributed by atoms with Crippen molar-refractivity contribution in [2.45, 2.75) is 19.9 Å². The van der Waals surface area contributed by atoms with E-state index in [2.05, 4.69) is 10.3 Å². The van der Waals surface area contributed by atoms with Gasteiger partial charge in [-0.1, -0.05) is 18.2 Å². The summed E-state index contributed by atoms with van der Waals surface area (Å²) in [6, 6.07) is 12.4. The SMILES string of the molecule is COc1cc(C(C)Nc2cc(C)nc3c(F)cccc23)ccc1OCCO. The smallest absolute Gasteiger partial charge is 0.161 e. The number of rotatable bonds is 7. The van der Waals surface area contributed by atoms with Gasteiger partial charge in [0.15, 0.2) is 11.5 Å². The highest BCUT2D eigenvalue weighted by Gasteiger charge is 2.14. The lowest BCUT2D eigenvalue weighted by atomic mass is 10.1. The van der Waals surface area contributed by atoms with E-state index in [9.17, 15) is 4.39 Å². The number of hydrogen-bond acceptors (Lipinski definition) is 5. The van der Waals surface area contributed by atoms with Gasteiger partial charge >= 0.3 is 0 Å². The zero-order chi connectivity index (χ0) is 19.4. The minimum absolute atomic E-state index is 0.0564. The molecule has 0 aliphatic rings. The molecule has 1 atom stereocenters. The van der Waals surface area contributed by atoms with E-state index in [0.717, 1.165) is 22.3 Å². The Morgan fingerprint density at radius 1 is 1.19 bits per heavy atom. The lowest BCUT2D eigenvalue weighted by Crippen LogP contribution is -2.09. The molecular weight excluding hydrogens is 347 g/mol. The number of fused-ring (bicyclic) bond motifs is 1. The molecular formula is C21H23FN2O3. The molecule has 1 aromatic heterocycles. The first-order valence-corrected chi connectivity index (χ1v) is 8.77. The van der Waals surface area contributed by atoms with E-state index in [1.54, 1.807) is 13.2 Å². The lowest BCUT2D eigenvalue weighted by Gasteiger charge is -2.19. The van der Waals surface area contributed by atoms with Crippen LogP contribution in [0.3, 0.4) is 0 Å². The van der Waals surface area contributed by atoms with Crippen LogP contribution in [-0.2, 0) is 0 Å². The molecule has 1 heterocycles. The minimum Gasteiger partial charge on any atom is -0.493 e. The Morgan fingerprint density at radius 3 is 2.74 bits per heavy atom. The van der Waals surface area contributed by atoms with Crippen LogP contribution in [0.5, 0.6) is 11.5 Å². The number of pyridine rings is 1. The van der Waals surface area contributed by atoms with Crippen LogP contribution in [0.1, 0.15) is 24.2 Å². The summed E-state index contributed by atoms with van der Waals surface area (Å²) >= 11 is 0. The molecule has 0 aliphatic carbocycles. The van der Waals surface area contributed by atoms with Crippen molar-refractivity contribution in [2.24, 2.45) is 0 Å². The van der Waals surface area contributed by atoms with E-state index in [1.165, 1.54) is 6.07 Å². The number of aliphatic hydroxyl groups excluding tert-OH is 1. The molecule has 6 heteroatoms. The maximum absolute atomic E-state index is 14.1. The molecule has 0 aliphatic heterocycles. The summed E-state index contributed by atoms with van der Waals surface area (Å²) in [5.41, 5.74) is 2.91. The van der Waals surface area contributed by atoms with Crippen molar-refractivity contribution in [2.75, 3.05) is 25.6 Å². The second kappa shape index (κ2) is 8.22. The van der Waals surface area contributed by atoms with Crippen LogP contribution in [0.15, 0.2) is 42.5 Å². The van der Waals surface area contributed by atoms with Gasteiger partial charge in [-0.3, -0.25) is 0 Å². The van der Waals surface area contributed by atoms with Gasteiger partial charge in [0.05, 0.1) is 13.7 Å². The molecule has 0 amide bonds. The molecule has 3 aromatic rings. The first kappa shape index (κ1) is 18.9. The number of methoxy groups -OCH3 is 1. The second-order valence-corrected chi connectivity index (χ2v) is 6.30. The van der Waals surface area contributed by atoms with Crippen molar-refractivity contribution in [1.82, 2.24) is 4.98 Å². The standard InChI is InChI=1S/C21H23FN2O3/c1-13-11-18(16-5-4-6-17(22)21(16)23-13)24-14(2)15-7-8-19(27-10-9-25)20(12-15)26-3/h4-8,11-12,14,25H,9-10H2,1-3H3,(H,23,24). The summed E-state index contributed by atoms with van der Waals surface area (Å²) in [7, 11) is 1.57. The number of aliphatic hydroxyl groups is 1. The molecule has 2 aromatic carbocycles. The number of aromatic nitrogens is 1. The fraction of sp³-hybridized carbons (Fsp3) is 0.286. The topological polar surface area (TPSA) is 63.6 Å². The summed E-state index contributed by atoms with van der Waals surface area (Å²) in [5, 5.41) is 13.1. The normalized spacial score (nSPS) is 12.0. The van der Waals surface area contributed by atoms with Crippen LogP contribution in [0.2, 0.25) is 0 Å².